The van der Waals surface area contributed by atoms with Gasteiger partial charge in [0.15, 0.2) is 0 Å². The monoisotopic (exact) mass is 269 g/mol. The van der Waals surface area contributed by atoms with Gasteiger partial charge in [-0.25, -0.2) is 0 Å². The molecule has 0 radical (unpaired) electrons. The van der Waals surface area contributed by atoms with Gasteiger partial charge in [-0.3, -0.25) is 0 Å². The predicted octanol–water partition coefficient (Wildman–Crippen LogP) is 2.32. The molecule has 0 aliphatic carbocycles. The minimum Gasteiger partial charge on any atom is -0.396 e. The highest BCUT2D eigenvalue weighted by atomic mass is 35.5. The van der Waals surface area contributed by atoms with E-state index in [0.717, 1.165) is 44.0 Å². The Kier molecular flexibility index (Phi) is 5.01. The second-order valence-corrected chi connectivity index (χ2v) is 5.14. The molecule has 0 atom stereocenters. The highest BCUT2D eigenvalue weighted by Gasteiger charge is 2.33. The second-order valence-electron chi connectivity index (χ2n) is 4.71. The van der Waals surface area contributed by atoms with E-state index in [1.165, 1.54) is 5.56 Å². The van der Waals surface area contributed by atoms with Crippen LogP contribution in [0.5, 0.6) is 0 Å². The van der Waals surface area contributed by atoms with E-state index in [4.69, 9.17) is 21.4 Å². The van der Waals surface area contributed by atoms with E-state index in [2.05, 4.69) is 17.4 Å². The molecule has 1 fully saturated rings. The van der Waals surface area contributed by atoms with Crippen molar-refractivity contribution in [1.29, 1.82) is 0 Å². The lowest BCUT2D eigenvalue weighted by Crippen LogP contribution is -2.47. The smallest absolute Gasteiger partial charge is 0.0486 e. The summed E-state index contributed by atoms with van der Waals surface area (Å²) in [7, 11) is 0. The van der Waals surface area contributed by atoms with Gasteiger partial charge in [0.2, 0.25) is 0 Å². The molecule has 1 aromatic rings. The predicted molar refractivity (Wildman–Crippen MR) is 72.9 cm³/mol. The number of ether oxygens (including phenoxy) is 1. The summed E-state index contributed by atoms with van der Waals surface area (Å²) in [5, 5.41) is 13.3. The van der Waals surface area contributed by atoms with Gasteiger partial charge in [-0.05, 0) is 43.5 Å². The van der Waals surface area contributed by atoms with Gasteiger partial charge < -0.3 is 15.2 Å². The van der Waals surface area contributed by atoms with Gasteiger partial charge in [-0.1, -0.05) is 23.7 Å². The Labute approximate surface area is 113 Å². The molecular formula is C14H20ClNO2. The molecule has 100 valence electrons. The molecule has 18 heavy (non-hydrogen) atoms. The molecule has 0 aromatic heterocycles. The number of halogens is 1. The van der Waals surface area contributed by atoms with Crippen molar-refractivity contribution in [3.05, 3.63) is 34.9 Å². The summed E-state index contributed by atoms with van der Waals surface area (Å²) in [5.41, 5.74) is 1.23. The minimum atomic E-state index is -0.0298. The summed E-state index contributed by atoms with van der Waals surface area (Å²) < 4.78 is 5.46. The fourth-order valence-corrected chi connectivity index (χ4v) is 2.59. The third kappa shape index (κ3) is 3.23. The summed E-state index contributed by atoms with van der Waals surface area (Å²) >= 11 is 5.94. The fraction of sp³-hybridized carbons (Fsp3) is 0.571. The van der Waals surface area contributed by atoms with E-state index in [1.54, 1.807) is 0 Å². The number of hydrogen-bond acceptors (Lipinski definition) is 3. The Morgan fingerprint density at radius 3 is 2.50 bits per heavy atom. The van der Waals surface area contributed by atoms with Gasteiger partial charge >= 0.3 is 0 Å². The number of hydrogen-bond donors (Lipinski definition) is 2. The average molecular weight is 270 g/mol. The number of aliphatic hydroxyl groups is 1. The Balaban J connectivity index is 2.15. The maximum Gasteiger partial charge on any atom is 0.0486 e. The van der Waals surface area contributed by atoms with Gasteiger partial charge in [0.1, 0.15) is 0 Å². The lowest BCUT2D eigenvalue weighted by molar-refractivity contribution is 0.0361. The molecule has 0 saturated carbocycles. The average Bonchev–Trinajstić information content (AvgIpc) is 2.41. The first-order valence-electron chi connectivity index (χ1n) is 6.46. The second kappa shape index (κ2) is 6.53. The zero-order valence-corrected chi connectivity index (χ0v) is 11.2. The Bertz CT molecular complexity index is 361. The molecular weight excluding hydrogens is 250 g/mol. The third-order valence-corrected chi connectivity index (χ3v) is 3.79. The van der Waals surface area contributed by atoms with Crippen LogP contribution in [0.15, 0.2) is 24.3 Å². The standard InChI is InChI=1S/C14H20ClNO2/c15-13-4-2-12(3-5-13)14(16-8-1-9-17)6-10-18-11-7-14/h2-5,16-17H,1,6-11H2. The zero-order chi connectivity index (χ0) is 12.8. The summed E-state index contributed by atoms with van der Waals surface area (Å²) in [6, 6.07) is 8.03. The van der Waals surface area contributed by atoms with Crippen molar-refractivity contribution in [2.75, 3.05) is 26.4 Å². The van der Waals surface area contributed by atoms with Crippen molar-refractivity contribution in [1.82, 2.24) is 5.32 Å². The Morgan fingerprint density at radius 1 is 1.22 bits per heavy atom. The fourth-order valence-electron chi connectivity index (χ4n) is 2.46. The Hall–Kier alpha value is -0.610. The molecule has 2 N–H and O–H groups in total. The number of nitrogens with one attached hydrogen (secondary N) is 1. The van der Waals surface area contributed by atoms with E-state index in [9.17, 15) is 0 Å². The molecule has 4 heteroatoms. The molecule has 1 aromatic carbocycles. The van der Waals surface area contributed by atoms with Gasteiger partial charge in [0, 0.05) is 30.4 Å². The van der Waals surface area contributed by atoms with Crippen molar-refractivity contribution in [2.24, 2.45) is 0 Å². The highest BCUT2D eigenvalue weighted by Crippen LogP contribution is 2.32. The van der Waals surface area contributed by atoms with Crippen molar-refractivity contribution in [2.45, 2.75) is 24.8 Å². The first-order chi connectivity index (χ1) is 8.77. The van der Waals surface area contributed by atoms with Crippen LogP contribution >= 0.6 is 11.6 Å². The molecule has 1 aliphatic heterocycles. The van der Waals surface area contributed by atoms with Crippen LogP contribution in [0, 0.1) is 0 Å². The highest BCUT2D eigenvalue weighted by molar-refractivity contribution is 6.30. The molecule has 2 rings (SSSR count). The van der Waals surface area contributed by atoms with E-state index in [1.807, 2.05) is 12.1 Å². The molecule has 0 amide bonds. The molecule has 1 saturated heterocycles. The van der Waals surface area contributed by atoms with Crippen LogP contribution < -0.4 is 5.32 Å². The van der Waals surface area contributed by atoms with Crippen LogP contribution in [-0.2, 0) is 10.3 Å². The summed E-state index contributed by atoms with van der Waals surface area (Å²) in [4.78, 5) is 0. The molecule has 3 nitrogen and oxygen atoms in total. The summed E-state index contributed by atoms with van der Waals surface area (Å²) in [6.45, 7) is 2.59. The van der Waals surface area contributed by atoms with Crippen molar-refractivity contribution in [3.63, 3.8) is 0 Å². The van der Waals surface area contributed by atoms with Crippen molar-refractivity contribution >= 4 is 11.6 Å². The quantitative estimate of drug-likeness (QED) is 0.806. The van der Waals surface area contributed by atoms with Crippen LogP contribution in [-0.4, -0.2) is 31.5 Å². The van der Waals surface area contributed by atoms with Gasteiger partial charge in [0.25, 0.3) is 0 Å². The number of rotatable bonds is 5. The molecule has 1 aliphatic rings. The van der Waals surface area contributed by atoms with Gasteiger partial charge in [-0.2, -0.15) is 0 Å². The number of aliphatic hydroxyl groups excluding tert-OH is 1. The van der Waals surface area contributed by atoms with Crippen LogP contribution in [0.25, 0.3) is 0 Å². The van der Waals surface area contributed by atoms with E-state index in [-0.39, 0.29) is 12.1 Å². The Morgan fingerprint density at radius 2 is 1.89 bits per heavy atom. The van der Waals surface area contributed by atoms with E-state index >= 15 is 0 Å². The molecule has 0 spiro atoms. The van der Waals surface area contributed by atoms with E-state index in [0.29, 0.717) is 0 Å². The van der Waals surface area contributed by atoms with Crippen molar-refractivity contribution in [3.8, 4) is 0 Å². The lowest BCUT2D eigenvalue weighted by atomic mass is 9.82. The maximum atomic E-state index is 8.90. The largest absolute Gasteiger partial charge is 0.396 e. The van der Waals surface area contributed by atoms with Crippen LogP contribution in [0.2, 0.25) is 5.02 Å². The molecule has 0 bridgehead atoms. The molecule has 1 heterocycles. The minimum absolute atomic E-state index is 0.0298. The summed E-state index contributed by atoms with van der Waals surface area (Å²) in [5.74, 6) is 0. The normalized spacial score (nSPS) is 18.8. The number of benzene rings is 1. The maximum absolute atomic E-state index is 8.90. The van der Waals surface area contributed by atoms with E-state index < -0.39 is 0 Å². The zero-order valence-electron chi connectivity index (χ0n) is 10.5. The van der Waals surface area contributed by atoms with Crippen LogP contribution in [0.1, 0.15) is 24.8 Å². The summed E-state index contributed by atoms with van der Waals surface area (Å²) in [6.07, 6.45) is 2.69. The van der Waals surface area contributed by atoms with Crippen LogP contribution in [0.4, 0.5) is 0 Å². The van der Waals surface area contributed by atoms with Gasteiger partial charge in [-0.15, -0.1) is 0 Å². The van der Waals surface area contributed by atoms with Crippen LogP contribution in [0.3, 0.4) is 0 Å². The first kappa shape index (κ1) is 13.8. The lowest BCUT2D eigenvalue weighted by Gasteiger charge is -2.39. The van der Waals surface area contributed by atoms with Crippen molar-refractivity contribution < 1.29 is 9.84 Å². The topological polar surface area (TPSA) is 41.5 Å². The first-order valence-corrected chi connectivity index (χ1v) is 6.84. The SMILES string of the molecule is OCCCNC1(c2ccc(Cl)cc2)CCOCC1. The third-order valence-electron chi connectivity index (χ3n) is 3.54. The van der Waals surface area contributed by atoms with Gasteiger partial charge in [0.05, 0.1) is 0 Å². The molecule has 0 unspecified atom stereocenters.